The molecule has 0 spiro atoms. The van der Waals surface area contributed by atoms with Crippen LogP contribution in [0.1, 0.15) is 66.9 Å². The van der Waals surface area contributed by atoms with Gasteiger partial charge in [0.2, 0.25) is 6.79 Å². The first-order valence-corrected chi connectivity index (χ1v) is 13.8. The maximum absolute atomic E-state index is 13.9. The topological polar surface area (TPSA) is 111 Å². The third-order valence-corrected chi connectivity index (χ3v) is 7.88. The normalized spacial score (nSPS) is 16.1. The lowest BCUT2D eigenvalue weighted by molar-refractivity contribution is 0.173. The number of nitrogens with zero attached hydrogens (tertiary/aromatic N) is 5. The van der Waals surface area contributed by atoms with Gasteiger partial charge < -0.3 is 18.9 Å². The molecule has 10 heteroatoms. The van der Waals surface area contributed by atoms with Crippen LogP contribution in [-0.4, -0.2) is 36.9 Å². The van der Waals surface area contributed by atoms with Crippen molar-refractivity contribution < 1.29 is 13.9 Å². The number of aromatic amines is 1. The summed E-state index contributed by atoms with van der Waals surface area (Å²) in [5.74, 6) is 2.72. The van der Waals surface area contributed by atoms with Crippen LogP contribution >= 0.6 is 0 Å². The van der Waals surface area contributed by atoms with Gasteiger partial charge in [-0.05, 0) is 53.1 Å². The summed E-state index contributed by atoms with van der Waals surface area (Å²) in [6, 6.07) is 19.3. The van der Waals surface area contributed by atoms with Crippen LogP contribution in [0.2, 0.25) is 0 Å². The Balaban J connectivity index is 1.40. The average Bonchev–Trinajstić information content (AvgIpc) is 3.76. The molecule has 2 aromatic carbocycles. The molecule has 1 aliphatic heterocycles. The summed E-state index contributed by atoms with van der Waals surface area (Å²) in [4.78, 5) is 19.2. The van der Waals surface area contributed by atoms with Crippen LogP contribution in [-0.2, 0) is 13.1 Å². The van der Waals surface area contributed by atoms with Crippen molar-refractivity contribution in [3.63, 3.8) is 0 Å². The number of aromatic nitrogens is 5. The van der Waals surface area contributed by atoms with Crippen LogP contribution < -0.4 is 15.0 Å². The molecule has 1 atom stereocenters. The van der Waals surface area contributed by atoms with Crippen molar-refractivity contribution >= 4 is 10.9 Å². The van der Waals surface area contributed by atoms with Gasteiger partial charge in [-0.25, -0.2) is 4.68 Å². The lowest BCUT2D eigenvalue weighted by Crippen LogP contribution is -2.35. The fourth-order valence-corrected chi connectivity index (χ4v) is 5.94. The van der Waals surface area contributed by atoms with E-state index in [2.05, 4.69) is 37.5 Å². The van der Waals surface area contributed by atoms with Crippen molar-refractivity contribution in [2.45, 2.75) is 57.3 Å². The predicted molar refractivity (Wildman–Crippen MR) is 147 cm³/mol. The molecule has 1 fully saturated rings. The molecule has 1 N–H and O–H groups in total. The smallest absolute Gasteiger partial charge is 0.253 e. The van der Waals surface area contributed by atoms with E-state index in [9.17, 15) is 4.79 Å². The van der Waals surface area contributed by atoms with Gasteiger partial charge in [0, 0.05) is 23.6 Å². The van der Waals surface area contributed by atoms with Gasteiger partial charge in [0.1, 0.15) is 11.8 Å². The number of hydrogen-bond donors (Lipinski definition) is 1. The minimum Gasteiger partial charge on any atom is -0.468 e. The van der Waals surface area contributed by atoms with E-state index < -0.39 is 6.04 Å². The van der Waals surface area contributed by atoms with E-state index in [1.165, 1.54) is 6.42 Å². The van der Waals surface area contributed by atoms with Crippen LogP contribution in [0.25, 0.3) is 10.9 Å². The highest BCUT2D eigenvalue weighted by atomic mass is 16.7. The van der Waals surface area contributed by atoms with E-state index >= 15 is 0 Å². The molecule has 10 nitrogen and oxygen atoms in total. The van der Waals surface area contributed by atoms with Crippen LogP contribution in [0.4, 0.5) is 0 Å². The molecule has 0 bridgehead atoms. The van der Waals surface area contributed by atoms with Gasteiger partial charge in [-0.1, -0.05) is 49.6 Å². The summed E-state index contributed by atoms with van der Waals surface area (Å²) in [5.41, 5.74) is 2.15. The number of pyridine rings is 1. The first-order valence-electron chi connectivity index (χ1n) is 13.8. The Morgan fingerprint density at radius 1 is 0.975 bits per heavy atom. The predicted octanol–water partition coefficient (Wildman–Crippen LogP) is 5.13. The molecule has 0 radical (unpaired) electrons. The minimum atomic E-state index is -0.541. The van der Waals surface area contributed by atoms with E-state index in [-0.39, 0.29) is 18.4 Å². The van der Waals surface area contributed by atoms with Crippen molar-refractivity contribution in [1.82, 2.24) is 30.1 Å². The number of rotatable bonds is 8. The Morgan fingerprint density at radius 2 is 1.80 bits per heavy atom. The van der Waals surface area contributed by atoms with Gasteiger partial charge in [-0.15, -0.1) is 5.10 Å². The van der Waals surface area contributed by atoms with E-state index in [0.29, 0.717) is 41.5 Å². The van der Waals surface area contributed by atoms with Gasteiger partial charge in [-0.2, -0.15) is 0 Å². The lowest BCUT2D eigenvalue weighted by Gasteiger charge is -2.32. The zero-order valence-electron chi connectivity index (χ0n) is 22.0. The number of tetrazole rings is 1. The van der Waals surface area contributed by atoms with Crippen LogP contribution in [0, 0.1) is 0 Å². The second-order valence-electron chi connectivity index (χ2n) is 10.5. The standard InChI is InChI=1S/C30H30N6O4/c37-30-24(14-21-15-26-27(40-19-39-26)16-25(21)31-30)28(29-32-33-34-36(29)22-10-5-2-6-11-22)35(18-23-12-7-13-38-23)17-20-8-3-1-4-9-20/h1,3-4,7-9,12-16,22,28H,2,5-6,10-11,17-19H2,(H,31,37). The highest BCUT2D eigenvalue weighted by Crippen LogP contribution is 2.38. The Morgan fingerprint density at radius 3 is 2.60 bits per heavy atom. The molecule has 204 valence electrons. The second kappa shape index (κ2) is 10.6. The molecule has 1 aliphatic carbocycles. The molecule has 40 heavy (non-hydrogen) atoms. The molecule has 1 unspecified atom stereocenters. The summed E-state index contributed by atoms with van der Waals surface area (Å²) in [7, 11) is 0. The van der Waals surface area contributed by atoms with Crippen molar-refractivity contribution in [1.29, 1.82) is 0 Å². The Bertz CT molecular complexity index is 1660. The van der Waals surface area contributed by atoms with Crippen LogP contribution in [0.5, 0.6) is 11.5 Å². The molecule has 4 heterocycles. The molecule has 0 amide bonds. The number of fused-ring (bicyclic) bond motifs is 2. The summed E-state index contributed by atoms with van der Waals surface area (Å²) in [6.07, 6.45) is 7.19. The number of H-pyrrole nitrogens is 1. The van der Waals surface area contributed by atoms with Gasteiger partial charge in [0.25, 0.3) is 5.56 Å². The molecular weight excluding hydrogens is 508 g/mol. The van der Waals surface area contributed by atoms with Gasteiger partial charge in [-0.3, -0.25) is 9.69 Å². The average molecular weight is 539 g/mol. The van der Waals surface area contributed by atoms with E-state index in [4.69, 9.17) is 13.9 Å². The molecule has 2 aliphatic rings. The van der Waals surface area contributed by atoms with E-state index in [0.717, 1.165) is 42.4 Å². The molecule has 5 aromatic rings. The third kappa shape index (κ3) is 4.75. The van der Waals surface area contributed by atoms with Crippen molar-refractivity contribution in [2.24, 2.45) is 0 Å². The number of ether oxygens (including phenoxy) is 2. The summed E-state index contributed by atoms with van der Waals surface area (Å²) < 4.78 is 18.9. The van der Waals surface area contributed by atoms with Gasteiger partial charge >= 0.3 is 0 Å². The second-order valence-corrected chi connectivity index (χ2v) is 10.5. The summed E-state index contributed by atoms with van der Waals surface area (Å²) in [5, 5.41) is 14.0. The number of nitrogens with one attached hydrogen (secondary N) is 1. The number of benzene rings is 2. The number of hydrogen-bond acceptors (Lipinski definition) is 8. The van der Waals surface area contributed by atoms with Crippen LogP contribution in [0.15, 0.2) is 76.1 Å². The fraction of sp³-hybridized carbons (Fsp3) is 0.333. The first kappa shape index (κ1) is 24.6. The summed E-state index contributed by atoms with van der Waals surface area (Å²) in [6.45, 7) is 1.18. The molecule has 3 aromatic heterocycles. The number of furan rings is 1. The quantitative estimate of drug-likeness (QED) is 0.289. The monoisotopic (exact) mass is 538 g/mol. The SMILES string of the molecule is O=c1[nH]c2cc3c(cc2cc1C(c1nnnn1C1CCCCC1)N(Cc1ccccc1)Cc1ccco1)OCO3. The molecule has 0 saturated heterocycles. The van der Waals surface area contributed by atoms with Gasteiger partial charge in [0.15, 0.2) is 17.3 Å². The first-order chi connectivity index (χ1) is 19.7. The fourth-order valence-electron chi connectivity index (χ4n) is 5.94. The molecule has 7 rings (SSSR count). The van der Waals surface area contributed by atoms with Crippen molar-refractivity contribution in [3.8, 4) is 11.5 Å². The van der Waals surface area contributed by atoms with Crippen molar-refractivity contribution in [3.05, 3.63) is 100.0 Å². The third-order valence-electron chi connectivity index (χ3n) is 7.88. The highest BCUT2D eigenvalue weighted by molar-refractivity contribution is 5.83. The highest BCUT2D eigenvalue weighted by Gasteiger charge is 2.33. The Kier molecular flexibility index (Phi) is 6.52. The van der Waals surface area contributed by atoms with E-state index in [1.54, 1.807) is 6.26 Å². The van der Waals surface area contributed by atoms with Crippen LogP contribution in [0.3, 0.4) is 0 Å². The zero-order valence-corrected chi connectivity index (χ0v) is 22.0. The van der Waals surface area contributed by atoms with E-state index in [1.807, 2.05) is 53.2 Å². The van der Waals surface area contributed by atoms with Crippen molar-refractivity contribution in [2.75, 3.05) is 6.79 Å². The maximum Gasteiger partial charge on any atom is 0.253 e. The minimum absolute atomic E-state index is 0.162. The Hall–Kier alpha value is -4.44. The maximum atomic E-state index is 13.9. The Labute approximate surface area is 230 Å². The molecule has 1 saturated carbocycles. The van der Waals surface area contributed by atoms with Gasteiger partial charge in [0.05, 0.1) is 24.4 Å². The molecular formula is C30H30N6O4. The lowest BCUT2D eigenvalue weighted by atomic mass is 9.95. The zero-order chi connectivity index (χ0) is 26.9. The largest absolute Gasteiger partial charge is 0.468 e. The summed E-state index contributed by atoms with van der Waals surface area (Å²) >= 11 is 0.